The quantitative estimate of drug-likeness (QED) is 0.436. The van der Waals surface area contributed by atoms with Crippen LogP contribution in [0.1, 0.15) is 13.8 Å². The fourth-order valence-corrected chi connectivity index (χ4v) is 1.37. The number of carbonyl (C=O) groups is 2. The van der Waals surface area contributed by atoms with Crippen molar-refractivity contribution in [2.75, 3.05) is 13.1 Å². The van der Waals surface area contributed by atoms with Gasteiger partial charge in [0, 0.05) is 30.3 Å². The van der Waals surface area contributed by atoms with E-state index in [1.807, 2.05) is 4.90 Å². The van der Waals surface area contributed by atoms with Gasteiger partial charge < -0.3 is 4.90 Å². The third kappa shape index (κ3) is 1.20. The third-order valence-electron chi connectivity index (χ3n) is 2.56. The Morgan fingerprint density at radius 3 is 2.31 bits per heavy atom. The van der Waals surface area contributed by atoms with Gasteiger partial charge in [-0.3, -0.25) is 9.59 Å². The van der Waals surface area contributed by atoms with Crippen LogP contribution in [-0.2, 0) is 9.59 Å². The van der Waals surface area contributed by atoms with Crippen LogP contribution < -0.4 is 0 Å². The molecule has 1 aliphatic heterocycles. The van der Waals surface area contributed by atoms with Gasteiger partial charge in [-0.05, 0) is 13.8 Å². The fraction of sp³-hybridized carbons (Fsp3) is 0.400. The standard InChI is InChI=1S/C10H11NO2/c1-6-7(2)10(13)8(5-9(6)12)11-3-4-11/h5H,3-4H2,1-2H3. The molecule has 1 fully saturated rings. The molecular formula is C10H11NO2. The van der Waals surface area contributed by atoms with Crippen molar-refractivity contribution >= 4 is 11.6 Å². The molecule has 3 nitrogen and oxygen atoms in total. The van der Waals surface area contributed by atoms with Crippen LogP contribution in [0.4, 0.5) is 0 Å². The summed E-state index contributed by atoms with van der Waals surface area (Å²) < 4.78 is 0. The maximum atomic E-state index is 11.6. The van der Waals surface area contributed by atoms with Crippen molar-refractivity contribution in [3.63, 3.8) is 0 Å². The number of rotatable bonds is 1. The van der Waals surface area contributed by atoms with Crippen molar-refractivity contribution in [2.24, 2.45) is 0 Å². The minimum atomic E-state index is -0.0287. The second-order valence-electron chi connectivity index (χ2n) is 3.46. The van der Waals surface area contributed by atoms with E-state index >= 15 is 0 Å². The van der Waals surface area contributed by atoms with Gasteiger partial charge in [0.05, 0.1) is 5.70 Å². The fourth-order valence-electron chi connectivity index (χ4n) is 1.37. The van der Waals surface area contributed by atoms with E-state index in [4.69, 9.17) is 0 Å². The van der Waals surface area contributed by atoms with Crippen molar-refractivity contribution in [3.05, 3.63) is 22.9 Å². The zero-order valence-electron chi connectivity index (χ0n) is 7.76. The van der Waals surface area contributed by atoms with Gasteiger partial charge in [0.2, 0.25) is 5.78 Å². The molecule has 3 heteroatoms. The van der Waals surface area contributed by atoms with Crippen molar-refractivity contribution < 1.29 is 9.59 Å². The van der Waals surface area contributed by atoms with E-state index in [2.05, 4.69) is 0 Å². The minimum absolute atomic E-state index is 0.00889. The number of ketones is 2. The van der Waals surface area contributed by atoms with E-state index in [0.29, 0.717) is 16.8 Å². The second-order valence-corrected chi connectivity index (χ2v) is 3.46. The number of nitrogens with zero attached hydrogens (tertiary/aromatic N) is 1. The highest BCUT2D eigenvalue weighted by Crippen LogP contribution is 2.24. The molecule has 13 heavy (non-hydrogen) atoms. The average molecular weight is 177 g/mol. The molecule has 0 saturated carbocycles. The lowest BCUT2D eigenvalue weighted by Crippen LogP contribution is -2.20. The Hall–Kier alpha value is -1.38. The Labute approximate surface area is 76.7 Å². The molecule has 1 saturated heterocycles. The van der Waals surface area contributed by atoms with Crippen LogP contribution in [0.5, 0.6) is 0 Å². The molecule has 2 aliphatic rings. The second kappa shape index (κ2) is 2.55. The molecule has 0 aromatic carbocycles. The van der Waals surface area contributed by atoms with Crippen molar-refractivity contribution in [1.82, 2.24) is 4.90 Å². The summed E-state index contributed by atoms with van der Waals surface area (Å²) in [6.45, 7) is 5.21. The normalized spacial score (nSPS) is 22.3. The largest absolute Gasteiger partial charge is 0.365 e. The molecule has 0 amide bonds. The molecule has 0 spiro atoms. The first-order chi connectivity index (χ1) is 6.11. The molecule has 1 heterocycles. The molecule has 0 radical (unpaired) electrons. The molecule has 0 aromatic rings. The summed E-state index contributed by atoms with van der Waals surface area (Å²) in [6.07, 6.45) is 1.46. The number of allylic oxidation sites excluding steroid dienone is 3. The molecule has 2 rings (SSSR count). The first-order valence-corrected chi connectivity index (χ1v) is 4.34. The van der Waals surface area contributed by atoms with E-state index < -0.39 is 0 Å². The van der Waals surface area contributed by atoms with Gasteiger partial charge in [-0.25, -0.2) is 0 Å². The molecule has 0 aromatic heterocycles. The first kappa shape index (κ1) is 8.23. The summed E-state index contributed by atoms with van der Waals surface area (Å²) in [6, 6.07) is 0. The van der Waals surface area contributed by atoms with Crippen LogP contribution in [0.25, 0.3) is 0 Å². The Balaban J connectivity index is 2.39. The SMILES string of the molecule is CC1=C(C)C(=O)C(N2CC2)=CC1=O. The van der Waals surface area contributed by atoms with Crippen LogP contribution in [0.3, 0.4) is 0 Å². The van der Waals surface area contributed by atoms with Gasteiger partial charge in [-0.2, -0.15) is 0 Å². The maximum Gasteiger partial charge on any atom is 0.205 e. The number of Topliss-reactive ketones (excluding diaryl/α,β-unsaturated/α-hetero) is 1. The summed E-state index contributed by atoms with van der Waals surface area (Å²) in [7, 11) is 0. The minimum Gasteiger partial charge on any atom is -0.365 e. The highest BCUT2D eigenvalue weighted by molar-refractivity contribution is 6.22. The molecule has 0 N–H and O–H groups in total. The molecule has 0 unspecified atom stereocenters. The van der Waals surface area contributed by atoms with E-state index in [0.717, 1.165) is 13.1 Å². The van der Waals surface area contributed by atoms with Crippen molar-refractivity contribution in [2.45, 2.75) is 13.8 Å². The van der Waals surface area contributed by atoms with Crippen LogP contribution >= 0.6 is 0 Å². The van der Waals surface area contributed by atoms with Crippen LogP contribution in [0.15, 0.2) is 22.9 Å². The van der Waals surface area contributed by atoms with E-state index in [1.165, 1.54) is 6.08 Å². The van der Waals surface area contributed by atoms with Gasteiger partial charge >= 0.3 is 0 Å². The van der Waals surface area contributed by atoms with Crippen LogP contribution in [0.2, 0.25) is 0 Å². The molecule has 68 valence electrons. The lowest BCUT2D eigenvalue weighted by Gasteiger charge is -2.14. The Morgan fingerprint density at radius 2 is 1.77 bits per heavy atom. The zero-order chi connectivity index (χ0) is 9.59. The van der Waals surface area contributed by atoms with Crippen LogP contribution in [0, 0.1) is 0 Å². The predicted octanol–water partition coefficient (Wildman–Crippen LogP) is 0.674. The van der Waals surface area contributed by atoms with Gasteiger partial charge in [0.15, 0.2) is 5.78 Å². The molecule has 0 atom stereocenters. The summed E-state index contributed by atoms with van der Waals surface area (Å²) >= 11 is 0. The molecular weight excluding hydrogens is 166 g/mol. The monoisotopic (exact) mass is 177 g/mol. The third-order valence-corrected chi connectivity index (χ3v) is 2.56. The van der Waals surface area contributed by atoms with Gasteiger partial charge in [0.25, 0.3) is 0 Å². The summed E-state index contributed by atoms with van der Waals surface area (Å²) in [4.78, 5) is 24.9. The zero-order valence-corrected chi connectivity index (χ0v) is 7.76. The number of hydrogen-bond donors (Lipinski definition) is 0. The number of carbonyl (C=O) groups excluding carboxylic acids is 2. The average Bonchev–Trinajstić information content (AvgIpc) is 2.91. The Morgan fingerprint density at radius 1 is 1.15 bits per heavy atom. The maximum absolute atomic E-state index is 11.6. The van der Waals surface area contributed by atoms with Gasteiger partial charge in [-0.15, -0.1) is 0 Å². The lowest BCUT2D eigenvalue weighted by atomic mass is 9.95. The van der Waals surface area contributed by atoms with Gasteiger partial charge in [0.1, 0.15) is 0 Å². The smallest absolute Gasteiger partial charge is 0.205 e. The summed E-state index contributed by atoms with van der Waals surface area (Å²) in [5, 5.41) is 0. The highest BCUT2D eigenvalue weighted by Gasteiger charge is 2.31. The number of hydrogen-bond acceptors (Lipinski definition) is 3. The molecule has 0 bridgehead atoms. The van der Waals surface area contributed by atoms with Gasteiger partial charge in [-0.1, -0.05) is 0 Å². The predicted molar refractivity (Wildman–Crippen MR) is 48.0 cm³/mol. The topological polar surface area (TPSA) is 37.1 Å². The van der Waals surface area contributed by atoms with Crippen LogP contribution in [-0.4, -0.2) is 29.6 Å². The highest BCUT2D eigenvalue weighted by atomic mass is 16.1. The lowest BCUT2D eigenvalue weighted by molar-refractivity contribution is -0.116. The first-order valence-electron chi connectivity index (χ1n) is 4.34. The van der Waals surface area contributed by atoms with Crippen molar-refractivity contribution in [1.29, 1.82) is 0 Å². The summed E-state index contributed by atoms with van der Waals surface area (Å²) in [5.41, 5.74) is 1.75. The van der Waals surface area contributed by atoms with E-state index in [1.54, 1.807) is 13.8 Å². The molecule has 1 aliphatic carbocycles. The van der Waals surface area contributed by atoms with E-state index in [9.17, 15) is 9.59 Å². The van der Waals surface area contributed by atoms with E-state index in [-0.39, 0.29) is 11.6 Å². The summed E-state index contributed by atoms with van der Waals surface area (Å²) in [5.74, 6) is -0.0198. The Bertz CT molecular complexity index is 359. The Kier molecular flexibility index (Phi) is 1.62. The van der Waals surface area contributed by atoms with Crippen molar-refractivity contribution in [3.8, 4) is 0 Å².